The van der Waals surface area contributed by atoms with Crippen molar-refractivity contribution >= 4 is 28.4 Å². The molecule has 1 aliphatic heterocycles. The third-order valence-corrected chi connectivity index (χ3v) is 6.14. The normalized spacial score (nSPS) is 16.5. The molecule has 0 N–H and O–H groups in total. The van der Waals surface area contributed by atoms with Gasteiger partial charge in [-0.2, -0.15) is 0 Å². The second-order valence-electron chi connectivity index (χ2n) is 7.91. The molecule has 2 aromatic carbocycles. The number of oxazole rings is 1. The van der Waals surface area contributed by atoms with Crippen molar-refractivity contribution in [3.05, 3.63) is 94.8 Å². The van der Waals surface area contributed by atoms with Gasteiger partial charge in [0.25, 0.3) is 5.91 Å². The monoisotopic (exact) mass is 431 g/mol. The number of fused-ring (bicyclic) bond motifs is 1. The van der Waals surface area contributed by atoms with Crippen LogP contribution >= 0.6 is 11.6 Å². The molecule has 31 heavy (non-hydrogen) atoms. The Morgan fingerprint density at radius 2 is 1.94 bits per heavy atom. The van der Waals surface area contributed by atoms with Crippen LogP contribution in [0.2, 0.25) is 5.02 Å². The molecular formula is C25H22ClN3O2. The predicted molar refractivity (Wildman–Crippen MR) is 120 cm³/mol. The molecule has 1 amide bonds. The van der Waals surface area contributed by atoms with Crippen molar-refractivity contribution in [1.82, 2.24) is 14.9 Å². The van der Waals surface area contributed by atoms with Crippen LogP contribution in [0.15, 0.2) is 71.3 Å². The van der Waals surface area contributed by atoms with Gasteiger partial charge in [0, 0.05) is 29.9 Å². The van der Waals surface area contributed by atoms with Crippen molar-refractivity contribution < 1.29 is 9.21 Å². The van der Waals surface area contributed by atoms with Gasteiger partial charge in [-0.25, -0.2) is 9.97 Å². The number of halogens is 1. The summed E-state index contributed by atoms with van der Waals surface area (Å²) in [4.78, 5) is 24.0. The van der Waals surface area contributed by atoms with Gasteiger partial charge in [-0.3, -0.25) is 4.79 Å². The highest BCUT2D eigenvalue weighted by Crippen LogP contribution is 2.29. The summed E-state index contributed by atoms with van der Waals surface area (Å²) in [6, 6.07) is 19.3. The summed E-state index contributed by atoms with van der Waals surface area (Å²) in [7, 11) is 0. The minimum Gasteiger partial charge on any atom is -0.445 e. The average Bonchev–Trinajstić information content (AvgIpc) is 3.28. The van der Waals surface area contributed by atoms with Gasteiger partial charge in [0.1, 0.15) is 11.5 Å². The van der Waals surface area contributed by atoms with E-state index in [0.29, 0.717) is 24.6 Å². The Morgan fingerprint density at radius 1 is 1.10 bits per heavy atom. The van der Waals surface area contributed by atoms with Crippen molar-refractivity contribution in [3.63, 3.8) is 0 Å². The van der Waals surface area contributed by atoms with Crippen molar-refractivity contribution in [3.8, 4) is 0 Å². The number of aromatic nitrogens is 2. The van der Waals surface area contributed by atoms with Gasteiger partial charge >= 0.3 is 0 Å². The van der Waals surface area contributed by atoms with Crippen LogP contribution in [0.1, 0.15) is 46.5 Å². The van der Waals surface area contributed by atoms with E-state index in [1.165, 1.54) is 0 Å². The summed E-state index contributed by atoms with van der Waals surface area (Å²) >= 11 is 6.27. The fraction of sp³-hybridized carbons (Fsp3) is 0.240. The first-order valence-corrected chi connectivity index (χ1v) is 10.9. The zero-order valence-corrected chi connectivity index (χ0v) is 17.8. The van der Waals surface area contributed by atoms with Crippen molar-refractivity contribution in [2.24, 2.45) is 0 Å². The maximum absolute atomic E-state index is 13.1. The van der Waals surface area contributed by atoms with Gasteiger partial charge in [-0.15, -0.1) is 0 Å². The highest BCUT2D eigenvalue weighted by molar-refractivity contribution is 6.31. The Balaban J connectivity index is 1.30. The lowest BCUT2D eigenvalue weighted by molar-refractivity contribution is 0.0692. The Labute approximate surface area is 185 Å². The second kappa shape index (κ2) is 8.52. The van der Waals surface area contributed by atoms with Crippen molar-refractivity contribution in [1.29, 1.82) is 0 Å². The number of carbonyl (C=O) groups is 1. The molecule has 1 atom stereocenters. The maximum atomic E-state index is 13.1. The first-order valence-electron chi connectivity index (χ1n) is 10.5. The third-order valence-electron chi connectivity index (χ3n) is 5.77. The summed E-state index contributed by atoms with van der Waals surface area (Å²) in [5.41, 5.74) is 2.32. The number of amides is 1. The van der Waals surface area contributed by atoms with Crippen LogP contribution in [-0.2, 0) is 6.42 Å². The zero-order chi connectivity index (χ0) is 21.2. The molecule has 6 heteroatoms. The smallest absolute Gasteiger partial charge is 0.272 e. The lowest BCUT2D eigenvalue weighted by Crippen LogP contribution is -2.39. The highest BCUT2D eigenvalue weighted by Gasteiger charge is 2.29. The number of likely N-dealkylation sites (tertiary alicyclic amines) is 1. The van der Waals surface area contributed by atoms with Crippen LogP contribution in [0, 0.1) is 0 Å². The topological polar surface area (TPSA) is 59.2 Å². The number of benzene rings is 2. The molecule has 3 heterocycles. The molecule has 2 aromatic heterocycles. The summed E-state index contributed by atoms with van der Waals surface area (Å²) in [5, 5.41) is 1.75. The molecule has 5 nitrogen and oxygen atoms in total. The summed E-state index contributed by atoms with van der Waals surface area (Å²) in [6.07, 6.45) is 4.22. The Morgan fingerprint density at radius 3 is 2.84 bits per heavy atom. The van der Waals surface area contributed by atoms with E-state index < -0.39 is 0 Å². The molecule has 4 aromatic rings. The Kier molecular flexibility index (Phi) is 5.43. The lowest BCUT2D eigenvalue weighted by Gasteiger charge is -2.31. The number of piperidine rings is 1. The van der Waals surface area contributed by atoms with Crippen LogP contribution < -0.4 is 0 Å². The SMILES string of the molecule is O=C(c1ccc2ccccc2n1)N1CCCC(c2ncc(Cc3ccccc3Cl)o2)C1. The van der Waals surface area contributed by atoms with Gasteiger partial charge in [-0.1, -0.05) is 54.1 Å². The molecule has 5 rings (SSSR count). The molecule has 1 fully saturated rings. The van der Waals surface area contributed by atoms with E-state index in [1.54, 1.807) is 12.3 Å². The van der Waals surface area contributed by atoms with Crippen molar-refractivity contribution in [2.45, 2.75) is 25.2 Å². The molecule has 0 saturated carbocycles. The van der Waals surface area contributed by atoms with Gasteiger partial charge in [0.2, 0.25) is 0 Å². The fourth-order valence-corrected chi connectivity index (χ4v) is 4.34. The number of para-hydroxylation sites is 1. The van der Waals surface area contributed by atoms with E-state index in [-0.39, 0.29) is 11.8 Å². The quantitative estimate of drug-likeness (QED) is 0.429. The predicted octanol–water partition coefficient (Wildman–Crippen LogP) is 5.49. The number of pyridine rings is 1. The molecule has 1 saturated heterocycles. The van der Waals surface area contributed by atoms with Gasteiger partial charge < -0.3 is 9.32 Å². The fourth-order valence-electron chi connectivity index (χ4n) is 4.13. The summed E-state index contributed by atoms with van der Waals surface area (Å²) < 4.78 is 6.05. The Bertz CT molecular complexity index is 1240. The minimum atomic E-state index is -0.0432. The molecular weight excluding hydrogens is 410 g/mol. The van der Waals surface area contributed by atoms with E-state index in [9.17, 15) is 4.79 Å². The molecule has 1 aliphatic rings. The molecule has 0 aliphatic carbocycles. The molecule has 0 spiro atoms. The number of hydrogen-bond donors (Lipinski definition) is 0. The van der Waals surface area contributed by atoms with Gasteiger partial charge in [-0.05, 0) is 36.6 Å². The van der Waals surface area contributed by atoms with Crippen LogP contribution in [-0.4, -0.2) is 33.9 Å². The van der Waals surface area contributed by atoms with E-state index in [4.69, 9.17) is 16.0 Å². The van der Waals surface area contributed by atoms with E-state index in [1.807, 2.05) is 59.5 Å². The Hall–Kier alpha value is -3.18. The first-order chi connectivity index (χ1) is 15.2. The molecule has 156 valence electrons. The van der Waals surface area contributed by atoms with Crippen LogP contribution in [0.3, 0.4) is 0 Å². The van der Waals surface area contributed by atoms with Crippen LogP contribution in [0.5, 0.6) is 0 Å². The molecule has 0 bridgehead atoms. The summed E-state index contributed by atoms with van der Waals surface area (Å²) in [6.45, 7) is 1.30. The van der Waals surface area contributed by atoms with Gasteiger partial charge in [0.05, 0.1) is 17.6 Å². The first kappa shape index (κ1) is 19.8. The zero-order valence-electron chi connectivity index (χ0n) is 17.0. The minimum absolute atomic E-state index is 0.0432. The molecule has 0 radical (unpaired) electrons. The lowest BCUT2D eigenvalue weighted by atomic mass is 9.97. The average molecular weight is 432 g/mol. The highest BCUT2D eigenvalue weighted by atomic mass is 35.5. The van der Waals surface area contributed by atoms with Gasteiger partial charge in [0.15, 0.2) is 5.89 Å². The van der Waals surface area contributed by atoms with Crippen LogP contribution in [0.25, 0.3) is 10.9 Å². The second-order valence-corrected chi connectivity index (χ2v) is 8.32. The van der Waals surface area contributed by atoms with E-state index in [2.05, 4.69) is 9.97 Å². The largest absolute Gasteiger partial charge is 0.445 e. The maximum Gasteiger partial charge on any atom is 0.272 e. The van der Waals surface area contributed by atoms with Crippen molar-refractivity contribution in [2.75, 3.05) is 13.1 Å². The third kappa shape index (κ3) is 4.19. The standard InChI is InChI=1S/C25H22ClN3O2/c26-21-9-3-1-7-18(21)14-20-15-27-24(31-20)19-8-5-13-29(16-19)25(30)23-12-11-17-6-2-4-10-22(17)28-23/h1-4,6-7,9-12,15,19H,5,8,13-14,16H2. The number of rotatable bonds is 4. The number of nitrogens with zero attached hydrogens (tertiary/aromatic N) is 3. The van der Waals surface area contributed by atoms with E-state index in [0.717, 1.165) is 46.6 Å². The van der Waals surface area contributed by atoms with Crippen LogP contribution in [0.4, 0.5) is 0 Å². The molecule has 1 unspecified atom stereocenters. The number of hydrogen-bond acceptors (Lipinski definition) is 4. The summed E-state index contributed by atoms with van der Waals surface area (Å²) in [5.74, 6) is 1.50. The number of carbonyl (C=O) groups excluding carboxylic acids is 1. The van der Waals surface area contributed by atoms with E-state index >= 15 is 0 Å².